The number of fused-ring (bicyclic) bond motifs is 1. The van der Waals surface area contributed by atoms with Gasteiger partial charge in [-0.2, -0.15) is 0 Å². The maximum absolute atomic E-state index is 13.2. The number of benzene rings is 1. The molecule has 1 aliphatic heterocycles. The molecule has 0 radical (unpaired) electrons. The molecule has 0 amide bonds. The summed E-state index contributed by atoms with van der Waals surface area (Å²) in [4.78, 5) is 2.24. The van der Waals surface area contributed by atoms with Crippen LogP contribution in [0.3, 0.4) is 0 Å². The number of nitrogens with zero attached hydrogens (tertiary/aromatic N) is 1. The van der Waals surface area contributed by atoms with Crippen LogP contribution in [-0.4, -0.2) is 44.8 Å². The molecule has 2 unspecified atom stereocenters. The monoisotopic (exact) mass is 278 g/mol. The summed E-state index contributed by atoms with van der Waals surface area (Å²) >= 11 is 0. The molecule has 20 heavy (non-hydrogen) atoms. The van der Waals surface area contributed by atoms with E-state index < -0.39 is 0 Å². The van der Waals surface area contributed by atoms with Gasteiger partial charge < -0.3 is 19.4 Å². The van der Waals surface area contributed by atoms with Crippen LogP contribution in [0.2, 0.25) is 0 Å². The minimum absolute atomic E-state index is 0.0316. The van der Waals surface area contributed by atoms with E-state index >= 15 is 0 Å². The molecule has 2 aromatic rings. The Hall–Kier alpha value is -1.43. The van der Waals surface area contributed by atoms with Gasteiger partial charge in [0.05, 0.1) is 18.8 Å². The SMILES string of the molecule is CNC(c1cc2cc(F)ccc2o1)C1CN(C)CCO1. The van der Waals surface area contributed by atoms with Crippen molar-refractivity contribution in [1.82, 2.24) is 10.2 Å². The summed E-state index contributed by atoms with van der Waals surface area (Å²) in [5.74, 6) is 0.535. The topological polar surface area (TPSA) is 37.6 Å². The van der Waals surface area contributed by atoms with E-state index in [2.05, 4.69) is 17.3 Å². The Morgan fingerprint density at radius 1 is 1.40 bits per heavy atom. The number of hydrogen-bond donors (Lipinski definition) is 1. The number of rotatable bonds is 3. The van der Waals surface area contributed by atoms with Gasteiger partial charge in [-0.1, -0.05) is 0 Å². The summed E-state index contributed by atoms with van der Waals surface area (Å²) in [7, 11) is 3.96. The minimum Gasteiger partial charge on any atom is -0.459 e. The minimum atomic E-state index is -0.250. The van der Waals surface area contributed by atoms with Crippen molar-refractivity contribution in [3.63, 3.8) is 0 Å². The van der Waals surface area contributed by atoms with Gasteiger partial charge in [-0.15, -0.1) is 0 Å². The molecule has 0 bridgehead atoms. The predicted molar refractivity (Wildman–Crippen MR) is 75.2 cm³/mol. The second-order valence-electron chi connectivity index (χ2n) is 5.27. The smallest absolute Gasteiger partial charge is 0.134 e. The molecule has 2 atom stereocenters. The van der Waals surface area contributed by atoms with E-state index in [1.165, 1.54) is 12.1 Å². The number of ether oxygens (including phenoxy) is 1. The molecule has 3 rings (SSSR count). The Bertz CT molecular complexity index is 599. The lowest BCUT2D eigenvalue weighted by atomic mass is 10.1. The van der Waals surface area contributed by atoms with Gasteiger partial charge in [0, 0.05) is 18.5 Å². The molecule has 4 nitrogen and oxygen atoms in total. The quantitative estimate of drug-likeness (QED) is 0.933. The molecule has 1 saturated heterocycles. The van der Waals surface area contributed by atoms with Crippen LogP contribution in [0.1, 0.15) is 11.8 Å². The zero-order chi connectivity index (χ0) is 14.1. The number of hydrogen-bond acceptors (Lipinski definition) is 4. The standard InChI is InChI=1S/C15H19FN2O2/c1-17-15(14-9-18(2)5-6-19-14)13-8-10-7-11(16)3-4-12(10)20-13/h3-4,7-8,14-15,17H,5-6,9H2,1-2H3. The maximum atomic E-state index is 13.2. The highest BCUT2D eigenvalue weighted by Gasteiger charge is 2.29. The molecule has 2 heterocycles. The largest absolute Gasteiger partial charge is 0.459 e. The van der Waals surface area contributed by atoms with Crippen LogP contribution in [0.15, 0.2) is 28.7 Å². The summed E-state index contributed by atoms with van der Waals surface area (Å²) in [6.07, 6.45) is 0.0316. The van der Waals surface area contributed by atoms with Gasteiger partial charge in [0.2, 0.25) is 0 Å². The Morgan fingerprint density at radius 3 is 3.00 bits per heavy atom. The fraction of sp³-hybridized carbons (Fsp3) is 0.467. The second kappa shape index (κ2) is 5.52. The first kappa shape index (κ1) is 13.5. The third-order valence-electron chi connectivity index (χ3n) is 3.78. The van der Waals surface area contributed by atoms with Crippen LogP contribution in [0.25, 0.3) is 11.0 Å². The zero-order valence-corrected chi connectivity index (χ0v) is 11.7. The van der Waals surface area contributed by atoms with E-state index in [1.54, 1.807) is 6.07 Å². The van der Waals surface area contributed by atoms with Crippen LogP contribution >= 0.6 is 0 Å². The third kappa shape index (κ3) is 2.57. The van der Waals surface area contributed by atoms with Crippen molar-refractivity contribution in [2.24, 2.45) is 0 Å². The van der Waals surface area contributed by atoms with Crippen LogP contribution in [0.4, 0.5) is 4.39 Å². The number of furan rings is 1. The maximum Gasteiger partial charge on any atom is 0.134 e. The van der Waals surface area contributed by atoms with E-state index in [0.717, 1.165) is 24.2 Å². The predicted octanol–water partition coefficient (Wildman–Crippen LogP) is 2.16. The lowest BCUT2D eigenvalue weighted by Crippen LogP contribution is -2.45. The van der Waals surface area contributed by atoms with Gasteiger partial charge >= 0.3 is 0 Å². The van der Waals surface area contributed by atoms with Gasteiger partial charge in [0.25, 0.3) is 0 Å². The van der Waals surface area contributed by atoms with Gasteiger partial charge in [0.1, 0.15) is 17.2 Å². The van der Waals surface area contributed by atoms with Gasteiger partial charge in [-0.3, -0.25) is 0 Å². The summed E-state index contributed by atoms with van der Waals surface area (Å²) in [5.41, 5.74) is 0.700. The fourth-order valence-corrected chi connectivity index (χ4v) is 2.71. The molecule has 1 aromatic heterocycles. The molecule has 1 aliphatic rings. The van der Waals surface area contributed by atoms with E-state index in [9.17, 15) is 4.39 Å². The Balaban J connectivity index is 1.90. The molecule has 0 saturated carbocycles. The summed E-state index contributed by atoms with van der Waals surface area (Å²) in [5, 5.41) is 4.03. The van der Waals surface area contributed by atoms with E-state index in [-0.39, 0.29) is 18.0 Å². The van der Waals surface area contributed by atoms with Gasteiger partial charge in [0.15, 0.2) is 0 Å². The van der Waals surface area contributed by atoms with Crippen LogP contribution in [0, 0.1) is 5.82 Å². The third-order valence-corrected chi connectivity index (χ3v) is 3.78. The summed E-state index contributed by atoms with van der Waals surface area (Å²) in [6, 6.07) is 6.41. The van der Waals surface area contributed by atoms with Crippen LogP contribution in [-0.2, 0) is 4.74 Å². The highest BCUT2D eigenvalue weighted by molar-refractivity contribution is 5.78. The van der Waals surface area contributed by atoms with Gasteiger partial charge in [-0.05, 0) is 38.4 Å². The molecule has 0 aliphatic carbocycles. The normalized spacial score (nSPS) is 22.2. The van der Waals surface area contributed by atoms with Gasteiger partial charge in [-0.25, -0.2) is 4.39 Å². The van der Waals surface area contributed by atoms with Crippen LogP contribution < -0.4 is 5.32 Å². The van der Waals surface area contributed by atoms with Crippen molar-refractivity contribution in [3.05, 3.63) is 35.8 Å². The zero-order valence-electron chi connectivity index (χ0n) is 11.7. The second-order valence-corrected chi connectivity index (χ2v) is 5.27. The molecule has 0 spiro atoms. The van der Waals surface area contributed by atoms with Crippen molar-refractivity contribution in [2.45, 2.75) is 12.1 Å². The highest BCUT2D eigenvalue weighted by Crippen LogP contribution is 2.28. The molecule has 1 aromatic carbocycles. The van der Waals surface area contributed by atoms with Crippen molar-refractivity contribution in [3.8, 4) is 0 Å². The van der Waals surface area contributed by atoms with Crippen molar-refractivity contribution in [2.75, 3.05) is 33.8 Å². The molecule has 1 N–H and O–H groups in total. The lowest BCUT2D eigenvalue weighted by Gasteiger charge is -2.34. The molecule has 108 valence electrons. The average Bonchev–Trinajstić information content (AvgIpc) is 2.82. The van der Waals surface area contributed by atoms with Crippen molar-refractivity contribution in [1.29, 1.82) is 0 Å². The Labute approximate surface area is 117 Å². The molecular formula is C15H19FN2O2. The van der Waals surface area contributed by atoms with E-state index in [0.29, 0.717) is 12.2 Å². The number of nitrogens with one attached hydrogen (secondary N) is 1. The van der Waals surface area contributed by atoms with Crippen molar-refractivity contribution >= 4 is 11.0 Å². The van der Waals surface area contributed by atoms with E-state index in [4.69, 9.17) is 9.15 Å². The van der Waals surface area contributed by atoms with Crippen molar-refractivity contribution < 1.29 is 13.5 Å². The number of likely N-dealkylation sites (N-methyl/N-ethyl adjacent to an activating group) is 2. The lowest BCUT2D eigenvalue weighted by molar-refractivity contribution is -0.0411. The number of halogens is 1. The fourth-order valence-electron chi connectivity index (χ4n) is 2.71. The Kier molecular flexibility index (Phi) is 3.74. The van der Waals surface area contributed by atoms with E-state index in [1.807, 2.05) is 13.1 Å². The number of morpholine rings is 1. The summed E-state index contributed by atoms with van der Waals surface area (Å²) < 4.78 is 24.9. The first-order valence-corrected chi connectivity index (χ1v) is 6.84. The Morgan fingerprint density at radius 2 is 2.25 bits per heavy atom. The first-order chi connectivity index (χ1) is 9.67. The summed E-state index contributed by atoms with van der Waals surface area (Å²) in [6.45, 7) is 2.50. The highest BCUT2D eigenvalue weighted by atomic mass is 19.1. The van der Waals surface area contributed by atoms with Crippen LogP contribution in [0.5, 0.6) is 0 Å². The first-order valence-electron chi connectivity index (χ1n) is 6.84. The molecule has 5 heteroatoms. The average molecular weight is 278 g/mol. The molecular weight excluding hydrogens is 259 g/mol. The molecule has 1 fully saturated rings.